The summed E-state index contributed by atoms with van der Waals surface area (Å²) >= 11 is 0. The molecule has 1 aliphatic rings. The molecule has 1 heterocycles. The number of rotatable bonds is 9. The third kappa shape index (κ3) is 5.93. The van der Waals surface area contributed by atoms with E-state index in [9.17, 15) is 9.59 Å². The van der Waals surface area contributed by atoms with Crippen molar-refractivity contribution in [3.05, 3.63) is 53.6 Å². The molecule has 0 aliphatic carbocycles. The number of methoxy groups -OCH3 is 2. The number of ether oxygens (including phenoxy) is 3. The Morgan fingerprint density at radius 3 is 2.41 bits per heavy atom. The minimum Gasteiger partial charge on any atom is -0.493 e. The molecule has 172 valence electrons. The monoisotopic (exact) mass is 440 g/mol. The smallest absolute Gasteiger partial charge is 0.260 e. The van der Waals surface area contributed by atoms with Crippen molar-refractivity contribution in [3.8, 4) is 17.2 Å². The van der Waals surface area contributed by atoms with Crippen LogP contribution in [0.4, 0.5) is 0 Å². The van der Waals surface area contributed by atoms with Gasteiger partial charge in [-0.1, -0.05) is 25.1 Å². The van der Waals surface area contributed by atoms with E-state index in [2.05, 4.69) is 12.2 Å². The highest BCUT2D eigenvalue weighted by atomic mass is 16.5. The van der Waals surface area contributed by atoms with Gasteiger partial charge in [-0.25, -0.2) is 0 Å². The maximum atomic E-state index is 12.6. The second kappa shape index (κ2) is 11.4. The number of nitrogens with one attached hydrogen (secondary N) is 1. The zero-order valence-electron chi connectivity index (χ0n) is 19.1. The predicted molar refractivity (Wildman–Crippen MR) is 122 cm³/mol. The van der Waals surface area contributed by atoms with Crippen molar-refractivity contribution in [1.82, 2.24) is 10.2 Å². The van der Waals surface area contributed by atoms with Crippen LogP contribution in [0.15, 0.2) is 42.5 Å². The number of carbonyl (C=O) groups is 2. The average molecular weight is 441 g/mol. The summed E-state index contributed by atoms with van der Waals surface area (Å²) in [7, 11) is 3.10. The average Bonchev–Trinajstić information content (AvgIpc) is 2.85. The number of hydrogen-bond donors (Lipinski definition) is 1. The molecule has 1 saturated heterocycles. The van der Waals surface area contributed by atoms with Gasteiger partial charge in [0.05, 0.1) is 14.2 Å². The van der Waals surface area contributed by atoms with Crippen LogP contribution in [-0.2, 0) is 11.2 Å². The second-order valence-corrected chi connectivity index (χ2v) is 7.85. The number of benzene rings is 2. The first-order chi connectivity index (χ1) is 15.5. The number of amides is 2. The molecule has 3 rings (SSSR count). The molecule has 2 aromatic rings. The van der Waals surface area contributed by atoms with Crippen molar-refractivity contribution in [2.24, 2.45) is 5.92 Å². The summed E-state index contributed by atoms with van der Waals surface area (Å²) in [5.74, 6) is 2.08. The van der Waals surface area contributed by atoms with Gasteiger partial charge in [0.2, 0.25) is 0 Å². The summed E-state index contributed by atoms with van der Waals surface area (Å²) in [6, 6.07) is 12.9. The van der Waals surface area contributed by atoms with E-state index in [4.69, 9.17) is 14.2 Å². The molecule has 1 fully saturated rings. The Labute approximate surface area is 189 Å². The van der Waals surface area contributed by atoms with Gasteiger partial charge in [-0.15, -0.1) is 0 Å². The summed E-state index contributed by atoms with van der Waals surface area (Å²) in [5, 5.41) is 3.00. The minimum atomic E-state index is -0.146. The summed E-state index contributed by atoms with van der Waals surface area (Å²) < 4.78 is 16.2. The van der Waals surface area contributed by atoms with Crippen molar-refractivity contribution in [3.63, 3.8) is 0 Å². The van der Waals surface area contributed by atoms with E-state index in [1.54, 1.807) is 32.4 Å². The number of piperidine rings is 1. The first-order valence-electron chi connectivity index (χ1n) is 11.0. The minimum absolute atomic E-state index is 0.00344. The van der Waals surface area contributed by atoms with E-state index in [-0.39, 0.29) is 18.4 Å². The molecule has 7 heteroatoms. The number of carbonyl (C=O) groups excluding carboxylic acids is 2. The van der Waals surface area contributed by atoms with Gasteiger partial charge >= 0.3 is 0 Å². The standard InChI is InChI=1S/C25H32N2O5/c1-4-19-7-5-6-8-21(19)32-17-24(28)27-13-11-18(12-14-27)16-26-25(29)20-9-10-22(30-2)23(15-20)31-3/h5-10,15,18H,4,11-14,16-17H2,1-3H3,(H,26,29). The van der Waals surface area contributed by atoms with E-state index < -0.39 is 0 Å². The molecule has 2 amide bonds. The van der Waals surface area contributed by atoms with E-state index in [0.29, 0.717) is 42.6 Å². The number of para-hydroxylation sites is 1. The van der Waals surface area contributed by atoms with Crippen LogP contribution in [0.25, 0.3) is 0 Å². The maximum absolute atomic E-state index is 12.6. The lowest BCUT2D eigenvalue weighted by atomic mass is 9.96. The van der Waals surface area contributed by atoms with Crippen LogP contribution in [0, 0.1) is 5.92 Å². The van der Waals surface area contributed by atoms with Crippen LogP contribution < -0.4 is 19.5 Å². The quantitative estimate of drug-likeness (QED) is 0.647. The van der Waals surface area contributed by atoms with Crippen LogP contribution >= 0.6 is 0 Å². The highest BCUT2D eigenvalue weighted by Crippen LogP contribution is 2.27. The molecule has 2 aromatic carbocycles. The fourth-order valence-corrected chi connectivity index (χ4v) is 3.87. The van der Waals surface area contributed by atoms with Crippen molar-refractivity contribution < 1.29 is 23.8 Å². The molecular formula is C25H32N2O5. The lowest BCUT2D eigenvalue weighted by Crippen LogP contribution is -2.43. The van der Waals surface area contributed by atoms with Crippen molar-refractivity contribution in [1.29, 1.82) is 0 Å². The molecule has 32 heavy (non-hydrogen) atoms. The Balaban J connectivity index is 1.42. The normalized spacial score (nSPS) is 14.0. The van der Waals surface area contributed by atoms with Gasteiger partial charge in [0.15, 0.2) is 18.1 Å². The first-order valence-corrected chi connectivity index (χ1v) is 11.0. The van der Waals surface area contributed by atoms with E-state index in [1.165, 1.54) is 0 Å². The van der Waals surface area contributed by atoms with Gasteiger partial charge in [-0.05, 0) is 55.0 Å². The van der Waals surface area contributed by atoms with Crippen molar-refractivity contribution in [2.75, 3.05) is 40.5 Å². The van der Waals surface area contributed by atoms with Crippen molar-refractivity contribution in [2.45, 2.75) is 26.2 Å². The topological polar surface area (TPSA) is 77.1 Å². The Hall–Kier alpha value is -3.22. The maximum Gasteiger partial charge on any atom is 0.260 e. The number of nitrogens with zero attached hydrogens (tertiary/aromatic N) is 1. The summed E-state index contributed by atoms with van der Waals surface area (Å²) in [6.45, 7) is 4.05. The molecule has 0 saturated carbocycles. The largest absolute Gasteiger partial charge is 0.493 e. The van der Waals surface area contributed by atoms with E-state index >= 15 is 0 Å². The van der Waals surface area contributed by atoms with Crippen molar-refractivity contribution >= 4 is 11.8 Å². The van der Waals surface area contributed by atoms with Gasteiger partial charge in [0.1, 0.15) is 5.75 Å². The Morgan fingerprint density at radius 2 is 1.72 bits per heavy atom. The SMILES string of the molecule is CCc1ccccc1OCC(=O)N1CCC(CNC(=O)c2ccc(OC)c(OC)c2)CC1. The third-order valence-electron chi connectivity index (χ3n) is 5.87. The Kier molecular flexibility index (Phi) is 8.36. The number of aryl methyl sites for hydroxylation is 1. The molecule has 0 spiro atoms. The van der Waals surface area contributed by atoms with Crippen LogP contribution in [0.3, 0.4) is 0 Å². The summed E-state index contributed by atoms with van der Waals surface area (Å²) in [4.78, 5) is 26.9. The van der Waals surface area contributed by atoms with Crippen LogP contribution in [0.2, 0.25) is 0 Å². The molecule has 0 bridgehead atoms. The van der Waals surface area contributed by atoms with Crippen LogP contribution in [0.5, 0.6) is 17.2 Å². The first kappa shape index (κ1) is 23.4. The van der Waals surface area contributed by atoms with Crippen LogP contribution in [0.1, 0.15) is 35.7 Å². The molecular weight excluding hydrogens is 408 g/mol. The number of likely N-dealkylation sites (tertiary alicyclic amines) is 1. The third-order valence-corrected chi connectivity index (χ3v) is 5.87. The predicted octanol–water partition coefficient (Wildman–Crippen LogP) is 3.31. The van der Waals surface area contributed by atoms with Gasteiger partial charge < -0.3 is 24.4 Å². The fraction of sp³-hybridized carbons (Fsp3) is 0.440. The van der Waals surface area contributed by atoms with E-state index in [0.717, 1.165) is 30.6 Å². The zero-order valence-corrected chi connectivity index (χ0v) is 19.1. The molecule has 0 atom stereocenters. The molecule has 1 aliphatic heterocycles. The van der Waals surface area contributed by atoms with E-state index in [1.807, 2.05) is 29.2 Å². The molecule has 7 nitrogen and oxygen atoms in total. The van der Waals surface area contributed by atoms with Gasteiger partial charge in [-0.3, -0.25) is 9.59 Å². The lowest BCUT2D eigenvalue weighted by molar-refractivity contribution is -0.134. The molecule has 0 aromatic heterocycles. The molecule has 1 N–H and O–H groups in total. The highest BCUT2D eigenvalue weighted by molar-refractivity contribution is 5.94. The Morgan fingerprint density at radius 1 is 1.00 bits per heavy atom. The van der Waals surface area contributed by atoms with Gasteiger partial charge in [0, 0.05) is 25.2 Å². The van der Waals surface area contributed by atoms with Gasteiger partial charge in [0.25, 0.3) is 11.8 Å². The second-order valence-electron chi connectivity index (χ2n) is 7.85. The van der Waals surface area contributed by atoms with Crippen LogP contribution in [-0.4, -0.2) is 57.2 Å². The Bertz CT molecular complexity index is 922. The summed E-state index contributed by atoms with van der Waals surface area (Å²) in [6.07, 6.45) is 2.57. The lowest BCUT2D eigenvalue weighted by Gasteiger charge is -2.32. The zero-order chi connectivity index (χ0) is 22.9. The molecule has 0 radical (unpaired) electrons. The van der Waals surface area contributed by atoms with Gasteiger partial charge in [-0.2, -0.15) is 0 Å². The fourth-order valence-electron chi connectivity index (χ4n) is 3.87. The molecule has 0 unspecified atom stereocenters. The summed E-state index contributed by atoms with van der Waals surface area (Å²) in [5.41, 5.74) is 1.63. The highest BCUT2D eigenvalue weighted by Gasteiger charge is 2.24. The number of hydrogen-bond acceptors (Lipinski definition) is 5.